The van der Waals surface area contributed by atoms with E-state index in [2.05, 4.69) is 46.1 Å². The topological polar surface area (TPSA) is 76.0 Å². The quantitative estimate of drug-likeness (QED) is 0.344. The Kier molecular flexibility index (Phi) is 7.95. The van der Waals surface area contributed by atoms with E-state index in [-0.39, 0.29) is 18.2 Å². The Balaban J connectivity index is 1.42. The number of carbonyl (C=O) groups excluding carboxylic acids is 2. The van der Waals surface area contributed by atoms with Gasteiger partial charge in [0.15, 0.2) is 0 Å². The van der Waals surface area contributed by atoms with Crippen molar-refractivity contribution >= 4 is 23.4 Å². The van der Waals surface area contributed by atoms with Crippen molar-refractivity contribution in [3.63, 3.8) is 0 Å². The Morgan fingerprint density at radius 3 is 2.40 bits per heavy atom. The molecular weight excluding hydrogens is 460 g/mol. The zero-order chi connectivity index (χ0) is 24.6. The Morgan fingerprint density at radius 2 is 1.71 bits per heavy atom. The maximum absolute atomic E-state index is 12.8. The molecule has 0 bridgehead atoms. The second kappa shape index (κ2) is 11.5. The van der Waals surface area contributed by atoms with Gasteiger partial charge in [-0.15, -0.1) is 0 Å². The summed E-state index contributed by atoms with van der Waals surface area (Å²) < 4.78 is 1.89. The molecule has 2 amide bonds. The minimum atomic E-state index is -0.428. The average molecular weight is 487 g/mol. The van der Waals surface area contributed by atoms with E-state index < -0.39 is 6.04 Å². The predicted molar refractivity (Wildman–Crippen MR) is 138 cm³/mol. The third-order valence-corrected chi connectivity index (χ3v) is 5.95. The molecule has 35 heavy (non-hydrogen) atoms. The van der Waals surface area contributed by atoms with Gasteiger partial charge in [0.05, 0.1) is 19.0 Å². The van der Waals surface area contributed by atoms with Crippen molar-refractivity contribution in [1.82, 2.24) is 20.4 Å². The molecule has 2 N–H and O–H groups in total. The summed E-state index contributed by atoms with van der Waals surface area (Å²) in [5.74, 6) is -0.345. The Hall–Kier alpha value is -3.90. The van der Waals surface area contributed by atoms with Crippen LogP contribution in [0.2, 0.25) is 5.02 Å². The maximum atomic E-state index is 12.8. The highest BCUT2D eigenvalue weighted by molar-refractivity contribution is 6.30. The second-order valence-corrected chi connectivity index (χ2v) is 8.78. The first-order valence-corrected chi connectivity index (χ1v) is 11.8. The fraction of sp³-hybridized carbons (Fsp3) is 0.179. The van der Waals surface area contributed by atoms with Gasteiger partial charge < -0.3 is 10.6 Å². The molecule has 1 heterocycles. The summed E-state index contributed by atoms with van der Waals surface area (Å²) >= 11 is 5.98. The SMILES string of the molecule is CC(=O)NC(CC(=O)NCc1ccccc1-c1ccc(Cn2cccn2)cc1)c1ccc(Cl)cc1. The lowest BCUT2D eigenvalue weighted by Gasteiger charge is -2.19. The summed E-state index contributed by atoms with van der Waals surface area (Å²) in [5.41, 5.74) is 5.15. The molecule has 1 unspecified atom stereocenters. The van der Waals surface area contributed by atoms with Crippen LogP contribution < -0.4 is 10.6 Å². The number of hydrogen-bond acceptors (Lipinski definition) is 3. The van der Waals surface area contributed by atoms with Crippen LogP contribution in [0.15, 0.2) is 91.3 Å². The number of nitrogens with zero attached hydrogens (tertiary/aromatic N) is 2. The summed E-state index contributed by atoms with van der Waals surface area (Å²) in [6, 6.07) is 25.0. The van der Waals surface area contributed by atoms with Crippen molar-refractivity contribution in [3.05, 3.63) is 113 Å². The van der Waals surface area contributed by atoms with Crippen LogP contribution in [0.4, 0.5) is 0 Å². The molecule has 1 aromatic heterocycles. The number of amides is 2. The van der Waals surface area contributed by atoms with Crippen molar-refractivity contribution in [2.24, 2.45) is 0 Å². The molecule has 0 aliphatic heterocycles. The van der Waals surface area contributed by atoms with Crippen LogP contribution in [-0.4, -0.2) is 21.6 Å². The standard InChI is InChI=1S/C28H27ClN4O2/c1-20(34)32-27(23-11-13-25(29)14-12-23)17-28(35)30-18-24-5-2-3-6-26(24)22-9-7-21(8-10-22)19-33-16-4-15-31-33/h2-16,27H,17-19H2,1H3,(H,30,35)(H,32,34). The normalized spacial score (nSPS) is 11.6. The molecule has 4 rings (SSSR count). The Labute approximate surface area is 209 Å². The van der Waals surface area contributed by atoms with Gasteiger partial charge in [0.2, 0.25) is 11.8 Å². The molecular formula is C28H27ClN4O2. The first kappa shape index (κ1) is 24.2. The third kappa shape index (κ3) is 6.80. The zero-order valence-electron chi connectivity index (χ0n) is 19.4. The Bertz CT molecular complexity index is 1270. The first-order chi connectivity index (χ1) is 17.0. The lowest BCUT2D eigenvalue weighted by atomic mass is 9.98. The number of nitrogens with one attached hydrogen (secondary N) is 2. The first-order valence-electron chi connectivity index (χ1n) is 11.4. The van der Waals surface area contributed by atoms with E-state index in [1.165, 1.54) is 6.92 Å². The molecule has 0 saturated carbocycles. The highest BCUT2D eigenvalue weighted by atomic mass is 35.5. The molecule has 7 heteroatoms. The van der Waals surface area contributed by atoms with Crippen LogP contribution in [0.25, 0.3) is 11.1 Å². The van der Waals surface area contributed by atoms with Crippen LogP contribution in [0.3, 0.4) is 0 Å². The monoisotopic (exact) mass is 486 g/mol. The molecule has 6 nitrogen and oxygen atoms in total. The summed E-state index contributed by atoms with van der Waals surface area (Å²) in [5, 5.41) is 10.7. The van der Waals surface area contributed by atoms with Gasteiger partial charge in [-0.1, -0.05) is 72.3 Å². The number of aromatic nitrogens is 2. The summed E-state index contributed by atoms with van der Waals surface area (Å²) in [6.45, 7) is 2.54. The predicted octanol–water partition coefficient (Wildman–Crippen LogP) is 5.14. The fourth-order valence-electron chi connectivity index (χ4n) is 3.97. The van der Waals surface area contributed by atoms with Gasteiger partial charge in [-0.05, 0) is 46.0 Å². The van der Waals surface area contributed by atoms with Gasteiger partial charge in [0, 0.05) is 30.9 Å². The molecule has 0 aliphatic rings. The summed E-state index contributed by atoms with van der Waals surface area (Å²) in [6.07, 6.45) is 3.84. The van der Waals surface area contributed by atoms with E-state index in [0.717, 1.165) is 27.8 Å². The molecule has 178 valence electrons. The van der Waals surface area contributed by atoms with Gasteiger partial charge in [-0.3, -0.25) is 14.3 Å². The number of hydrogen-bond donors (Lipinski definition) is 2. The number of benzene rings is 3. The van der Waals surface area contributed by atoms with Gasteiger partial charge in [-0.2, -0.15) is 5.10 Å². The van der Waals surface area contributed by atoms with Gasteiger partial charge in [0.1, 0.15) is 0 Å². The molecule has 0 saturated heterocycles. The molecule has 1 atom stereocenters. The Morgan fingerprint density at radius 1 is 0.971 bits per heavy atom. The second-order valence-electron chi connectivity index (χ2n) is 8.34. The minimum absolute atomic E-state index is 0.130. The molecule has 0 fully saturated rings. The van der Waals surface area contributed by atoms with E-state index in [1.807, 2.05) is 47.3 Å². The highest BCUT2D eigenvalue weighted by Crippen LogP contribution is 2.25. The van der Waals surface area contributed by atoms with E-state index >= 15 is 0 Å². The smallest absolute Gasteiger partial charge is 0.222 e. The lowest BCUT2D eigenvalue weighted by Crippen LogP contribution is -2.32. The van der Waals surface area contributed by atoms with E-state index in [9.17, 15) is 9.59 Å². The molecule has 0 spiro atoms. The van der Waals surface area contributed by atoms with Crippen molar-refractivity contribution in [2.75, 3.05) is 0 Å². The molecule has 4 aromatic rings. The zero-order valence-corrected chi connectivity index (χ0v) is 20.2. The van der Waals surface area contributed by atoms with Crippen molar-refractivity contribution < 1.29 is 9.59 Å². The minimum Gasteiger partial charge on any atom is -0.352 e. The number of rotatable bonds is 9. The van der Waals surface area contributed by atoms with Crippen molar-refractivity contribution in [1.29, 1.82) is 0 Å². The molecule has 0 aliphatic carbocycles. The van der Waals surface area contributed by atoms with Crippen LogP contribution in [0.5, 0.6) is 0 Å². The van der Waals surface area contributed by atoms with Gasteiger partial charge >= 0.3 is 0 Å². The summed E-state index contributed by atoms with van der Waals surface area (Å²) in [4.78, 5) is 24.5. The van der Waals surface area contributed by atoms with Crippen LogP contribution in [-0.2, 0) is 22.7 Å². The van der Waals surface area contributed by atoms with Crippen LogP contribution in [0.1, 0.15) is 36.1 Å². The van der Waals surface area contributed by atoms with E-state index in [1.54, 1.807) is 18.3 Å². The van der Waals surface area contributed by atoms with Crippen molar-refractivity contribution in [3.8, 4) is 11.1 Å². The van der Waals surface area contributed by atoms with Crippen molar-refractivity contribution in [2.45, 2.75) is 32.5 Å². The maximum Gasteiger partial charge on any atom is 0.222 e. The average Bonchev–Trinajstić information content (AvgIpc) is 3.36. The van der Waals surface area contributed by atoms with E-state index in [0.29, 0.717) is 18.1 Å². The summed E-state index contributed by atoms with van der Waals surface area (Å²) in [7, 11) is 0. The number of carbonyl (C=O) groups is 2. The highest BCUT2D eigenvalue weighted by Gasteiger charge is 2.17. The number of halogens is 1. The lowest BCUT2D eigenvalue weighted by molar-refractivity contribution is -0.122. The van der Waals surface area contributed by atoms with Gasteiger partial charge in [-0.25, -0.2) is 0 Å². The largest absolute Gasteiger partial charge is 0.352 e. The van der Waals surface area contributed by atoms with Gasteiger partial charge in [0.25, 0.3) is 0 Å². The molecule has 0 radical (unpaired) electrons. The van der Waals surface area contributed by atoms with Crippen LogP contribution >= 0.6 is 11.6 Å². The third-order valence-electron chi connectivity index (χ3n) is 5.70. The fourth-order valence-corrected chi connectivity index (χ4v) is 4.10. The molecule has 3 aromatic carbocycles. The van der Waals surface area contributed by atoms with Crippen LogP contribution in [0, 0.1) is 0 Å². The van der Waals surface area contributed by atoms with E-state index in [4.69, 9.17) is 11.6 Å².